The van der Waals surface area contributed by atoms with E-state index in [1.807, 2.05) is 30.1 Å². The molecule has 0 aromatic heterocycles. The van der Waals surface area contributed by atoms with Gasteiger partial charge in [0.1, 0.15) is 5.82 Å². The molecule has 0 radical (unpaired) electrons. The number of benzene rings is 2. The second-order valence-electron chi connectivity index (χ2n) is 8.90. The largest absolute Gasteiger partial charge is 0.465 e. The van der Waals surface area contributed by atoms with E-state index < -0.39 is 6.09 Å². The summed E-state index contributed by atoms with van der Waals surface area (Å²) in [5.41, 5.74) is 2.51. The lowest BCUT2D eigenvalue weighted by Gasteiger charge is -2.72. The maximum absolute atomic E-state index is 13.6. The Bertz CT molecular complexity index is 1000. The van der Waals surface area contributed by atoms with Crippen LogP contribution >= 0.6 is 0 Å². The molecule has 4 aliphatic rings. The first-order chi connectivity index (χ1) is 14.3. The van der Waals surface area contributed by atoms with Gasteiger partial charge >= 0.3 is 12.1 Å². The molecule has 3 aliphatic carbocycles. The van der Waals surface area contributed by atoms with E-state index in [9.17, 15) is 14.0 Å². The number of rotatable bonds is 3. The zero-order valence-electron chi connectivity index (χ0n) is 16.8. The van der Waals surface area contributed by atoms with Gasteiger partial charge in [-0.15, -0.1) is 0 Å². The Labute approximate surface area is 174 Å². The molecule has 7 heteroatoms. The Morgan fingerprint density at radius 1 is 1.13 bits per heavy atom. The highest BCUT2D eigenvalue weighted by atomic mass is 19.1. The molecule has 0 spiro atoms. The number of nitrogens with zero attached hydrogens (tertiary/aromatic N) is 2. The monoisotopic (exact) mass is 409 g/mol. The Morgan fingerprint density at radius 3 is 2.47 bits per heavy atom. The van der Waals surface area contributed by atoms with Gasteiger partial charge in [0.2, 0.25) is 0 Å². The van der Waals surface area contributed by atoms with Crippen molar-refractivity contribution in [3.8, 4) is 0 Å². The lowest BCUT2D eigenvalue weighted by molar-refractivity contribution is -0.151. The van der Waals surface area contributed by atoms with Gasteiger partial charge in [0, 0.05) is 13.6 Å². The lowest BCUT2D eigenvalue weighted by atomic mass is 9.43. The molecule has 0 unspecified atom stereocenters. The number of carbonyl (C=O) groups excluding carboxylic acids is 1. The van der Waals surface area contributed by atoms with Crippen molar-refractivity contribution in [3.63, 3.8) is 0 Å². The van der Waals surface area contributed by atoms with Crippen LogP contribution in [0.4, 0.5) is 14.0 Å². The molecule has 2 N–H and O–H groups in total. The fourth-order valence-electron chi connectivity index (χ4n) is 5.62. The van der Waals surface area contributed by atoms with E-state index in [-0.39, 0.29) is 29.0 Å². The minimum absolute atomic E-state index is 0.0672. The Hall–Kier alpha value is -3.09. The molecule has 2 aromatic rings. The average molecular weight is 409 g/mol. The number of urea groups is 1. The van der Waals surface area contributed by atoms with Crippen LogP contribution in [-0.2, 0) is 6.42 Å². The van der Waals surface area contributed by atoms with Crippen molar-refractivity contribution in [1.82, 2.24) is 15.1 Å². The molecular formula is C23H24FN3O3. The van der Waals surface area contributed by atoms with E-state index in [0.717, 1.165) is 17.5 Å². The number of hydrogen-bond acceptors (Lipinski definition) is 2. The predicted molar refractivity (Wildman–Crippen MR) is 109 cm³/mol. The number of amides is 3. The number of fused-ring (bicyclic) bond motifs is 1. The maximum Gasteiger partial charge on any atom is 0.405 e. The molecule has 3 amide bonds. The molecule has 2 bridgehead atoms. The van der Waals surface area contributed by atoms with Gasteiger partial charge in [-0.3, -0.25) is 0 Å². The van der Waals surface area contributed by atoms with Crippen molar-refractivity contribution in [3.05, 3.63) is 71.0 Å². The van der Waals surface area contributed by atoms with Crippen LogP contribution in [0.25, 0.3) is 0 Å². The summed E-state index contributed by atoms with van der Waals surface area (Å²) < 4.78 is 13.5. The van der Waals surface area contributed by atoms with E-state index in [0.29, 0.717) is 25.8 Å². The maximum atomic E-state index is 13.6. The van der Waals surface area contributed by atoms with Crippen molar-refractivity contribution >= 4 is 12.1 Å². The predicted octanol–water partition coefficient (Wildman–Crippen LogP) is 3.77. The molecule has 1 heterocycles. The standard InChI is InChI=1S/C23H24FN3O3/c1-26(23-12-22(13-23,14-23)25-20(28)29)21(30)27-11-10-15-4-2-3-5-18(15)19(27)16-6-8-17(24)9-7-16/h2-9,19,25H,10-14H2,1H3,(H,28,29)/t19-,22?,23?/m0/s1. The van der Waals surface area contributed by atoms with Crippen molar-refractivity contribution in [2.45, 2.75) is 42.8 Å². The van der Waals surface area contributed by atoms with Crippen molar-refractivity contribution in [2.24, 2.45) is 0 Å². The van der Waals surface area contributed by atoms with Crippen molar-refractivity contribution in [2.75, 3.05) is 13.6 Å². The molecule has 3 fully saturated rings. The van der Waals surface area contributed by atoms with Crippen LogP contribution in [0.1, 0.15) is 42.0 Å². The number of carboxylic acid groups (broad SMARTS) is 1. The molecule has 3 saturated carbocycles. The van der Waals surface area contributed by atoms with Crippen molar-refractivity contribution in [1.29, 1.82) is 0 Å². The number of halogens is 1. The molecule has 6 rings (SSSR count). The zero-order chi connectivity index (χ0) is 21.1. The minimum Gasteiger partial charge on any atom is -0.465 e. The fraction of sp³-hybridized carbons (Fsp3) is 0.391. The van der Waals surface area contributed by atoms with Crippen LogP contribution in [0, 0.1) is 5.82 Å². The normalized spacial score (nSPS) is 28.6. The van der Waals surface area contributed by atoms with Gasteiger partial charge in [-0.2, -0.15) is 0 Å². The van der Waals surface area contributed by atoms with Gasteiger partial charge in [-0.05, 0) is 54.5 Å². The molecule has 2 aromatic carbocycles. The van der Waals surface area contributed by atoms with E-state index in [4.69, 9.17) is 5.11 Å². The Morgan fingerprint density at radius 2 is 1.80 bits per heavy atom. The first-order valence-corrected chi connectivity index (χ1v) is 10.2. The highest BCUT2D eigenvalue weighted by Crippen LogP contribution is 2.63. The SMILES string of the molecule is CN(C(=O)N1CCc2ccccc2[C@@H]1c1ccc(F)cc1)C12CC(NC(=O)O)(C1)C2. The van der Waals surface area contributed by atoms with E-state index in [1.165, 1.54) is 17.7 Å². The first kappa shape index (κ1) is 18.9. The van der Waals surface area contributed by atoms with Gasteiger partial charge in [0.15, 0.2) is 0 Å². The topological polar surface area (TPSA) is 72.9 Å². The third kappa shape index (κ3) is 2.75. The molecule has 6 nitrogen and oxygen atoms in total. The molecule has 30 heavy (non-hydrogen) atoms. The van der Waals surface area contributed by atoms with Crippen LogP contribution in [0.3, 0.4) is 0 Å². The molecule has 1 atom stereocenters. The zero-order valence-corrected chi connectivity index (χ0v) is 16.8. The Kier molecular flexibility index (Phi) is 4.07. The summed E-state index contributed by atoms with van der Waals surface area (Å²) in [6.45, 7) is 0.580. The number of hydrogen-bond donors (Lipinski definition) is 2. The Balaban J connectivity index is 1.42. The summed E-state index contributed by atoms with van der Waals surface area (Å²) in [6.07, 6.45) is 1.71. The van der Waals surface area contributed by atoms with E-state index in [2.05, 4.69) is 11.4 Å². The van der Waals surface area contributed by atoms with E-state index in [1.54, 1.807) is 17.0 Å². The van der Waals surface area contributed by atoms with Crippen LogP contribution in [0.2, 0.25) is 0 Å². The van der Waals surface area contributed by atoms with Gasteiger partial charge in [0.05, 0.1) is 17.1 Å². The van der Waals surface area contributed by atoms with Crippen LogP contribution in [-0.4, -0.2) is 51.7 Å². The fourth-order valence-corrected chi connectivity index (χ4v) is 5.62. The summed E-state index contributed by atoms with van der Waals surface area (Å²) >= 11 is 0. The summed E-state index contributed by atoms with van der Waals surface area (Å²) in [4.78, 5) is 28.3. The average Bonchev–Trinajstić information content (AvgIpc) is 2.68. The quantitative estimate of drug-likeness (QED) is 0.811. The van der Waals surface area contributed by atoms with Gasteiger partial charge < -0.3 is 20.2 Å². The number of nitrogens with one attached hydrogen (secondary N) is 1. The second-order valence-corrected chi connectivity index (χ2v) is 8.90. The highest BCUT2D eigenvalue weighted by molar-refractivity contribution is 5.78. The van der Waals surface area contributed by atoms with E-state index >= 15 is 0 Å². The summed E-state index contributed by atoms with van der Waals surface area (Å²) in [5.74, 6) is -0.303. The smallest absolute Gasteiger partial charge is 0.405 e. The molecular weight excluding hydrogens is 385 g/mol. The van der Waals surface area contributed by atoms with Gasteiger partial charge in [-0.1, -0.05) is 36.4 Å². The van der Waals surface area contributed by atoms with Crippen LogP contribution in [0.15, 0.2) is 48.5 Å². The molecule has 1 aliphatic heterocycles. The highest BCUT2D eigenvalue weighted by Gasteiger charge is 2.71. The third-order valence-electron chi connectivity index (χ3n) is 7.09. The van der Waals surface area contributed by atoms with Crippen molar-refractivity contribution < 1.29 is 19.1 Å². The minimum atomic E-state index is -1.01. The summed E-state index contributed by atoms with van der Waals surface area (Å²) in [6, 6.07) is 14.1. The number of carbonyl (C=O) groups is 2. The van der Waals surface area contributed by atoms with Crippen LogP contribution in [0.5, 0.6) is 0 Å². The van der Waals surface area contributed by atoms with Gasteiger partial charge in [-0.25, -0.2) is 14.0 Å². The van der Waals surface area contributed by atoms with Crippen LogP contribution < -0.4 is 5.32 Å². The lowest BCUT2D eigenvalue weighted by Crippen LogP contribution is -2.84. The third-order valence-corrected chi connectivity index (χ3v) is 7.09. The summed E-state index contributed by atoms with van der Waals surface area (Å²) in [5, 5.41) is 11.6. The second kappa shape index (κ2) is 6.45. The summed E-state index contributed by atoms with van der Waals surface area (Å²) in [7, 11) is 1.81. The van der Waals surface area contributed by atoms with Gasteiger partial charge in [0.25, 0.3) is 0 Å². The molecule has 156 valence electrons. The molecule has 0 saturated heterocycles. The first-order valence-electron chi connectivity index (χ1n) is 10.2.